The third kappa shape index (κ3) is 5.28. The number of halogens is 1. The maximum atomic E-state index is 14.1. The van der Waals surface area contributed by atoms with Crippen molar-refractivity contribution in [1.82, 2.24) is 19.6 Å². The molecule has 0 radical (unpaired) electrons. The number of hydrogen-bond donors (Lipinski definition) is 0. The van der Waals surface area contributed by atoms with Crippen molar-refractivity contribution >= 4 is 12.0 Å². The molecule has 9 heteroatoms. The molecule has 0 spiro atoms. The first-order chi connectivity index (χ1) is 14.6. The molecular formula is C22H27FN4O4. The van der Waals surface area contributed by atoms with Gasteiger partial charge in [-0.05, 0) is 51.8 Å². The molecule has 2 heterocycles. The minimum Gasteiger partial charge on any atom is -0.444 e. The molecule has 3 rings (SSSR count). The van der Waals surface area contributed by atoms with E-state index >= 15 is 0 Å². The Labute approximate surface area is 180 Å². The SMILES string of the molecule is CN(C(=O)c1ccc(=O)n(-c2ccccc2F)n1)C1CCN(C(=O)OC(C)(C)C)CC1. The van der Waals surface area contributed by atoms with Crippen LogP contribution in [0.15, 0.2) is 41.2 Å². The van der Waals surface area contributed by atoms with Gasteiger partial charge < -0.3 is 14.5 Å². The number of carbonyl (C=O) groups excluding carboxylic acids is 2. The molecule has 0 bridgehead atoms. The van der Waals surface area contributed by atoms with Crippen LogP contribution in [0, 0.1) is 5.82 Å². The van der Waals surface area contributed by atoms with E-state index in [9.17, 15) is 18.8 Å². The summed E-state index contributed by atoms with van der Waals surface area (Å²) in [6.45, 7) is 6.40. The summed E-state index contributed by atoms with van der Waals surface area (Å²) in [7, 11) is 1.66. The molecule has 1 saturated heterocycles. The van der Waals surface area contributed by atoms with Crippen LogP contribution in [0.2, 0.25) is 0 Å². The van der Waals surface area contributed by atoms with Gasteiger partial charge in [0.2, 0.25) is 0 Å². The minimum absolute atomic E-state index is 0.0181. The number of ether oxygens (including phenoxy) is 1. The van der Waals surface area contributed by atoms with Crippen molar-refractivity contribution in [3.8, 4) is 5.69 Å². The fraction of sp³-hybridized carbons (Fsp3) is 0.455. The highest BCUT2D eigenvalue weighted by atomic mass is 19.1. The van der Waals surface area contributed by atoms with Crippen LogP contribution < -0.4 is 5.56 Å². The normalized spacial score (nSPS) is 14.9. The van der Waals surface area contributed by atoms with Crippen molar-refractivity contribution in [2.45, 2.75) is 45.3 Å². The maximum absolute atomic E-state index is 14.1. The summed E-state index contributed by atoms with van der Waals surface area (Å²) in [4.78, 5) is 40.6. The lowest BCUT2D eigenvalue weighted by Gasteiger charge is -2.37. The Balaban J connectivity index is 1.70. The summed E-state index contributed by atoms with van der Waals surface area (Å²) in [5.41, 5.74) is -1.07. The third-order valence-electron chi connectivity index (χ3n) is 5.08. The summed E-state index contributed by atoms with van der Waals surface area (Å²) in [6, 6.07) is 8.19. The lowest BCUT2D eigenvalue weighted by molar-refractivity contribution is 0.0159. The number of likely N-dealkylation sites (tertiary alicyclic amines) is 1. The molecule has 2 amide bonds. The van der Waals surface area contributed by atoms with Gasteiger partial charge in [-0.25, -0.2) is 9.18 Å². The molecule has 0 unspecified atom stereocenters. The van der Waals surface area contributed by atoms with Gasteiger partial charge in [-0.15, -0.1) is 0 Å². The van der Waals surface area contributed by atoms with Crippen molar-refractivity contribution in [2.24, 2.45) is 0 Å². The number of piperidine rings is 1. The molecule has 166 valence electrons. The molecule has 1 aromatic heterocycles. The first kappa shape index (κ1) is 22.5. The Bertz CT molecular complexity index is 1020. The highest BCUT2D eigenvalue weighted by Crippen LogP contribution is 2.19. The van der Waals surface area contributed by atoms with Gasteiger partial charge in [0.15, 0.2) is 0 Å². The van der Waals surface area contributed by atoms with Crippen LogP contribution in [0.4, 0.5) is 9.18 Å². The highest BCUT2D eigenvalue weighted by molar-refractivity contribution is 5.92. The van der Waals surface area contributed by atoms with Gasteiger partial charge in [0.05, 0.1) is 0 Å². The molecule has 1 aliphatic heterocycles. The number of carbonyl (C=O) groups is 2. The zero-order valence-corrected chi connectivity index (χ0v) is 18.2. The minimum atomic E-state index is -0.607. The van der Waals surface area contributed by atoms with E-state index in [4.69, 9.17) is 4.74 Å². The smallest absolute Gasteiger partial charge is 0.410 e. The van der Waals surface area contributed by atoms with E-state index in [-0.39, 0.29) is 29.4 Å². The number of para-hydroxylation sites is 1. The van der Waals surface area contributed by atoms with Gasteiger partial charge in [-0.1, -0.05) is 12.1 Å². The zero-order chi connectivity index (χ0) is 22.8. The highest BCUT2D eigenvalue weighted by Gasteiger charge is 2.30. The lowest BCUT2D eigenvalue weighted by atomic mass is 10.0. The summed E-state index contributed by atoms with van der Waals surface area (Å²) in [6.07, 6.45) is 0.821. The second-order valence-electron chi connectivity index (χ2n) is 8.53. The average molecular weight is 430 g/mol. The molecule has 31 heavy (non-hydrogen) atoms. The summed E-state index contributed by atoms with van der Waals surface area (Å²) < 4.78 is 20.4. The number of amides is 2. The van der Waals surface area contributed by atoms with Crippen LogP contribution in [-0.4, -0.2) is 63.4 Å². The van der Waals surface area contributed by atoms with Crippen molar-refractivity contribution in [1.29, 1.82) is 0 Å². The van der Waals surface area contributed by atoms with Crippen LogP contribution in [0.3, 0.4) is 0 Å². The van der Waals surface area contributed by atoms with E-state index < -0.39 is 17.0 Å². The maximum Gasteiger partial charge on any atom is 0.410 e. The van der Waals surface area contributed by atoms with E-state index in [0.29, 0.717) is 25.9 Å². The predicted molar refractivity (Wildman–Crippen MR) is 113 cm³/mol. The van der Waals surface area contributed by atoms with Gasteiger partial charge in [0.1, 0.15) is 22.8 Å². The number of rotatable bonds is 3. The third-order valence-corrected chi connectivity index (χ3v) is 5.08. The fourth-order valence-electron chi connectivity index (χ4n) is 3.43. The molecular weight excluding hydrogens is 403 g/mol. The number of benzene rings is 1. The predicted octanol–water partition coefficient (Wildman–Crippen LogP) is 2.84. The lowest BCUT2D eigenvalue weighted by Crippen LogP contribution is -2.48. The quantitative estimate of drug-likeness (QED) is 0.748. The van der Waals surface area contributed by atoms with Crippen LogP contribution in [0.5, 0.6) is 0 Å². The number of hydrogen-bond acceptors (Lipinski definition) is 5. The Morgan fingerprint density at radius 3 is 2.39 bits per heavy atom. The van der Waals surface area contributed by atoms with Crippen LogP contribution >= 0.6 is 0 Å². The zero-order valence-electron chi connectivity index (χ0n) is 18.2. The molecule has 2 aromatic rings. The monoisotopic (exact) mass is 430 g/mol. The largest absolute Gasteiger partial charge is 0.444 e. The Morgan fingerprint density at radius 1 is 1.13 bits per heavy atom. The van der Waals surface area contributed by atoms with Gasteiger partial charge >= 0.3 is 6.09 Å². The van der Waals surface area contributed by atoms with E-state index in [1.165, 1.54) is 30.3 Å². The van der Waals surface area contributed by atoms with Crippen molar-refractivity contribution in [2.75, 3.05) is 20.1 Å². The van der Waals surface area contributed by atoms with Gasteiger partial charge in [0, 0.05) is 32.2 Å². The average Bonchev–Trinajstić information content (AvgIpc) is 2.72. The Hall–Kier alpha value is -3.23. The summed E-state index contributed by atoms with van der Waals surface area (Å²) in [5, 5.41) is 4.09. The molecule has 0 atom stereocenters. The molecule has 1 aromatic carbocycles. The van der Waals surface area contributed by atoms with Gasteiger partial charge in [0.25, 0.3) is 11.5 Å². The summed E-state index contributed by atoms with van der Waals surface area (Å²) >= 11 is 0. The fourth-order valence-corrected chi connectivity index (χ4v) is 3.43. The summed E-state index contributed by atoms with van der Waals surface area (Å²) in [5.74, 6) is -0.981. The van der Waals surface area contributed by atoms with Crippen LogP contribution in [-0.2, 0) is 4.74 Å². The number of aromatic nitrogens is 2. The first-order valence-corrected chi connectivity index (χ1v) is 10.2. The van der Waals surface area contributed by atoms with Gasteiger partial charge in [-0.2, -0.15) is 9.78 Å². The molecule has 0 aliphatic carbocycles. The first-order valence-electron chi connectivity index (χ1n) is 10.2. The van der Waals surface area contributed by atoms with E-state index in [1.807, 2.05) is 20.8 Å². The molecule has 1 aliphatic rings. The van der Waals surface area contributed by atoms with E-state index in [2.05, 4.69) is 5.10 Å². The second kappa shape index (κ2) is 8.87. The molecule has 1 fully saturated rings. The van der Waals surface area contributed by atoms with Crippen LogP contribution in [0.1, 0.15) is 44.1 Å². The van der Waals surface area contributed by atoms with E-state index in [0.717, 1.165) is 4.68 Å². The van der Waals surface area contributed by atoms with Crippen LogP contribution in [0.25, 0.3) is 5.69 Å². The van der Waals surface area contributed by atoms with Gasteiger partial charge in [-0.3, -0.25) is 9.59 Å². The Morgan fingerprint density at radius 2 is 1.77 bits per heavy atom. The van der Waals surface area contributed by atoms with E-state index in [1.54, 1.807) is 22.9 Å². The van der Waals surface area contributed by atoms with Crippen molar-refractivity contribution in [3.05, 3.63) is 58.3 Å². The second-order valence-corrected chi connectivity index (χ2v) is 8.53. The number of nitrogens with zero attached hydrogens (tertiary/aromatic N) is 4. The molecule has 0 N–H and O–H groups in total. The molecule has 8 nitrogen and oxygen atoms in total. The Kier molecular flexibility index (Phi) is 6.42. The topological polar surface area (TPSA) is 84.7 Å². The standard InChI is InChI=1S/C22H27FN4O4/c1-22(2,3)31-21(30)26-13-11-15(12-14-26)25(4)20(29)17-9-10-19(28)27(24-17)18-8-6-5-7-16(18)23/h5-10,15H,11-14H2,1-4H3. The molecule has 0 saturated carbocycles. The van der Waals surface area contributed by atoms with Crippen molar-refractivity contribution < 1.29 is 18.7 Å². The van der Waals surface area contributed by atoms with Crippen molar-refractivity contribution in [3.63, 3.8) is 0 Å².